The van der Waals surface area contributed by atoms with Crippen molar-refractivity contribution in [3.05, 3.63) is 20.9 Å². The Morgan fingerprint density at radius 3 is 2.78 bits per heavy atom. The number of aromatic nitrogens is 4. The van der Waals surface area contributed by atoms with E-state index >= 15 is 0 Å². The summed E-state index contributed by atoms with van der Waals surface area (Å²) in [7, 11) is 0. The summed E-state index contributed by atoms with van der Waals surface area (Å²) < 4.78 is 2.16. The lowest BCUT2D eigenvalue weighted by Crippen LogP contribution is -2.24. The molecule has 2 aromatic rings. The second kappa shape index (κ2) is 4.05. The molecule has 0 amide bonds. The summed E-state index contributed by atoms with van der Waals surface area (Å²) in [5.41, 5.74) is 1.31. The van der Waals surface area contributed by atoms with Gasteiger partial charge in [0.1, 0.15) is 16.0 Å². The van der Waals surface area contributed by atoms with Crippen LogP contribution in [0.25, 0.3) is 11.2 Å². The predicted octanol–water partition coefficient (Wildman–Crippen LogP) is 2.32. The highest BCUT2D eigenvalue weighted by atomic mass is 32.1. The number of hydrogen-bond donors (Lipinski definition) is 2. The summed E-state index contributed by atoms with van der Waals surface area (Å²) in [5.74, 6) is 1.78. The third-order valence-corrected chi connectivity index (χ3v) is 3.64. The number of hydrogen-bond acceptors (Lipinski definition) is 3. The molecule has 96 valence electrons. The molecule has 0 saturated heterocycles. The Labute approximate surface area is 109 Å². The number of nitrogens with one attached hydrogen (secondary N) is 2. The van der Waals surface area contributed by atoms with Gasteiger partial charge < -0.3 is 4.98 Å². The van der Waals surface area contributed by atoms with Gasteiger partial charge in [-0.25, -0.2) is 9.78 Å². The number of nitrogens with zero attached hydrogens (tertiary/aromatic N) is 2. The van der Waals surface area contributed by atoms with E-state index < -0.39 is 0 Å². The molecule has 1 aliphatic carbocycles. The van der Waals surface area contributed by atoms with Crippen LogP contribution in [0.1, 0.15) is 38.4 Å². The first kappa shape index (κ1) is 11.6. The largest absolute Gasteiger partial charge is 0.338 e. The highest BCUT2D eigenvalue weighted by Gasteiger charge is 2.24. The van der Waals surface area contributed by atoms with Gasteiger partial charge >= 0.3 is 5.69 Å². The maximum atomic E-state index is 12.0. The molecule has 0 radical (unpaired) electrons. The van der Waals surface area contributed by atoms with E-state index in [0.29, 0.717) is 16.2 Å². The molecule has 0 atom stereocenters. The number of imidazole rings is 1. The topological polar surface area (TPSA) is 66.5 Å². The predicted molar refractivity (Wildman–Crippen MR) is 72.4 cm³/mol. The van der Waals surface area contributed by atoms with Crippen LogP contribution in [0, 0.1) is 10.6 Å². The van der Waals surface area contributed by atoms with Crippen LogP contribution in [0.15, 0.2) is 4.79 Å². The number of rotatable bonds is 3. The van der Waals surface area contributed by atoms with Crippen molar-refractivity contribution in [3.8, 4) is 0 Å². The Morgan fingerprint density at radius 1 is 1.44 bits per heavy atom. The van der Waals surface area contributed by atoms with Crippen LogP contribution < -0.4 is 5.69 Å². The summed E-state index contributed by atoms with van der Waals surface area (Å²) in [4.78, 5) is 22.5. The molecule has 0 aromatic carbocycles. The molecule has 5 nitrogen and oxygen atoms in total. The highest BCUT2D eigenvalue weighted by Crippen LogP contribution is 2.30. The minimum Gasteiger partial charge on any atom is -0.338 e. The third-order valence-electron chi connectivity index (χ3n) is 3.34. The normalized spacial score (nSPS) is 15.7. The first-order chi connectivity index (χ1) is 8.56. The van der Waals surface area contributed by atoms with Crippen LogP contribution in [-0.4, -0.2) is 19.5 Å². The standard InChI is InChI=1S/C12H16N4OS/c1-6(2)9-13-8-10(14-9)16(5-7-3-4-7)12(17)15-11(8)18/h6-7H,3-5H2,1-2H3,(H,13,14)(H,15,17,18). The van der Waals surface area contributed by atoms with E-state index in [9.17, 15) is 4.79 Å². The molecule has 0 bridgehead atoms. The second-order valence-corrected chi connectivity index (χ2v) is 5.70. The van der Waals surface area contributed by atoms with Gasteiger partial charge in [-0.2, -0.15) is 0 Å². The Morgan fingerprint density at radius 2 is 2.17 bits per heavy atom. The van der Waals surface area contributed by atoms with Gasteiger partial charge in [-0.1, -0.05) is 26.1 Å². The van der Waals surface area contributed by atoms with Crippen molar-refractivity contribution in [2.45, 2.75) is 39.2 Å². The zero-order valence-electron chi connectivity index (χ0n) is 10.5. The molecule has 0 unspecified atom stereocenters. The lowest BCUT2D eigenvalue weighted by Gasteiger charge is -2.04. The van der Waals surface area contributed by atoms with Crippen LogP contribution in [0.5, 0.6) is 0 Å². The molecule has 6 heteroatoms. The Balaban J connectivity index is 2.25. The SMILES string of the molecule is CC(C)c1nc2c([nH]1)c(=S)[nH]c(=O)n2CC1CC1. The summed E-state index contributed by atoms with van der Waals surface area (Å²) in [6, 6.07) is 0. The number of fused-ring (bicyclic) bond motifs is 1. The van der Waals surface area contributed by atoms with Crippen LogP contribution in [0.3, 0.4) is 0 Å². The maximum absolute atomic E-state index is 12.0. The summed E-state index contributed by atoms with van der Waals surface area (Å²) in [6.45, 7) is 4.87. The average Bonchev–Trinajstić information content (AvgIpc) is 2.99. The monoisotopic (exact) mass is 264 g/mol. The Hall–Kier alpha value is -1.43. The fourth-order valence-electron chi connectivity index (χ4n) is 2.06. The van der Waals surface area contributed by atoms with Crippen molar-refractivity contribution in [2.75, 3.05) is 0 Å². The van der Waals surface area contributed by atoms with Crippen molar-refractivity contribution in [1.29, 1.82) is 0 Å². The molecule has 0 aliphatic heterocycles. The number of aromatic amines is 2. The van der Waals surface area contributed by atoms with E-state index in [2.05, 4.69) is 28.8 Å². The fraction of sp³-hybridized carbons (Fsp3) is 0.583. The first-order valence-electron chi connectivity index (χ1n) is 6.29. The van der Waals surface area contributed by atoms with E-state index in [1.165, 1.54) is 12.8 Å². The summed E-state index contributed by atoms with van der Waals surface area (Å²) >= 11 is 5.19. The molecule has 1 saturated carbocycles. The van der Waals surface area contributed by atoms with Crippen molar-refractivity contribution >= 4 is 23.4 Å². The van der Waals surface area contributed by atoms with Crippen molar-refractivity contribution in [1.82, 2.24) is 19.5 Å². The molecule has 3 rings (SSSR count). The van der Waals surface area contributed by atoms with Crippen LogP contribution in [0.2, 0.25) is 0 Å². The van der Waals surface area contributed by atoms with Crippen LogP contribution >= 0.6 is 12.2 Å². The van der Waals surface area contributed by atoms with E-state index in [-0.39, 0.29) is 11.6 Å². The molecule has 0 spiro atoms. The smallest absolute Gasteiger partial charge is 0.328 e. The molecule has 2 aromatic heterocycles. The van der Waals surface area contributed by atoms with Gasteiger partial charge in [0.05, 0.1) is 0 Å². The zero-order valence-corrected chi connectivity index (χ0v) is 11.3. The van der Waals surface area contributed by atoms with Crippen molar-refractivity contribution in [3.63, 3.8) is 0 Å². The lowest BCUT2D eigenvalue weighted by atomic mass is 10.2. The second-order valence-electron chi connectivity index (χ2n) is 5.29. The van der Waals surface area contributed by atoms with E-state index in [1.54, 1.807) is 4.57 Å². The summed E-state index contributed by atoms with van der Waals surface area (Å²) in [6.07, 6.45) is 2.40. The van der Waals surface area contributed by atoms with Crippen LogP contribution in [-0.2, 0) is 6.54 Å². The zero-order chi connectivity index (χ0) is 12.9. The van der Waals surface area contributed by atoms with E-state index in [1.807, 2.05) is 0 Å². The Bertz CT molecular complexity index is 705. The molecule has 1 aliphatic rings. The Kier molecular flexibility index (Phi) is 2.62. The van der Waals surface area contributed by atoms with Gasteiger partial charge in [0.2, 0.25) is 0 Å². The molecule has 1 fully saturated rings. The fourth-order valence-corrected chi connectivity index (χ4v) is 2.29. The van der Waals surface area contributed by atoms with Crippen molar-refractivity contribution in [2.24, 2.45) is 5.92 Å². The molecule has 18 heavy (non-hydrogen) atoms. The van der Waals surface area contributed by atoms with E-state index in [0.717, 1.165) is 17.9 Å². The van der Waals surface area contributed by atoms with Gasteiger partial charge in [0, 0.05) is 12.5 Å². The minimum absolute atomic E-state index is 0.152. The minimum atomic E-state index is -0.152. The quantitative estimate of drug-likeness (QED) is 0.836. The lowest BCUT2D eigenvalue weighted by molar-refractivity contribution is 0.607. The van der Waals surface area contributed by atoms with Crippen molar-refractivity contribution < 1.29 is 0 Å². The van der Waals surface area contributed by atoms with Crippen LogP contribution in [0.4, 0.5) is 0 Å². The first-order valence-corrected chi connectivity index (χ1v) is 6.70. The molecule has 2 N–H and O–H groups in total. The molecular weight excluding hydrogens is 248 g/mol. The third kappa shape index (κ3) is 1.90. The van der Waals surface area contributed by atoms with E-state index in [4.69, 9.17) is 12.2 Å². The number of H-pyrrole nitrogens is 2. The van der Waals surface area contributed by atoms with Gasteiger partial charge in [0.25, 0.3) is 0 Å². The maximum Gasteiger partial charge on any atom is 0.328 e. The molecule has 2 heterocycles. The van der Waals surface area contributed by atoms with Gasteiger partial charge in [-0.05, 0) is 18.8 Å². The highest BCUT2D eigenvalue weighted by molar-refractivity contribution is 7.71. The van der Waals surface area contributed by atoms with Gasteiger partial charge in [0.15, 0.2) is 5.65 Å². The molecular formula is C12H16N4OS. The van der Waals surface area contributed by atoms with Gasteiger partial charge in [-0.15, -0.1) is 0 Å². The van der Waals surface area contributed by atoms with Gasteiger partial charge in [-0.3, -0.25) is 9.55 Å². The average molecular weight is 264 g/mol. The summed E-state index contributed by atoms with van der Waals surface area (Å²) in [5, 5.41) is 0.